The zero-order valence-electron chi connectivity index (χ0n) is 12.9. The van der Waals surface area contributed by atoms with E-state index in [1.165, 1.54) is 5.56 Å². The van der Waals surface area contributed by atoms with E-state index in [-0.39, 0.29) is 6.10 Å². The highest BCUT2D eigenvalue weighted by atomic mass is 35.5. The van der Waals surface area contributed by atoms with Crippen molar-refractivity contribution >= 4 is 34.9 Å². The predicted molar refractivity (Wildman–Crippen MR) is 93.9 cm³/mol. The lowest BCUT2D eigenvalue weighted by atomic mass is 10.1. The fourth-order valence-electron chi connectivity index (χ4n) is 3.06. The van der Waals surface area contributed by atoms with Crippen molar-refractivity contribution in [1.82, 2.24) is 4.90 Å². The second kappa shape index (κ2) is 6.17. The van der Waals surface area contributed by atoms with Crippen molar-refractivity contribution < 1.29 is 9.53 Å². The van der Waals surface area contributed by atoms with Crippen molar-refractivity contribution in [2.45, 2.75) is 19.1 Å². The molecule has 0 radical (unpaired) electrons. The van der Waals surface area contributed by atoms with Crippen LogP contribution < -0.4 is 5.32 Å². The summed E-state index contributed by atoms with van der Waals surface area (Å²) in [6.07, 6.45) is -0.0706. The van der Waals surface area contributed by atoms with Gasteiger partial charge in [0.2, 0.25) is 0 Å². The highest BCUT2D eigenvalue weighted by molar-refractivity contribution is 6.30. The molecule has 1 atom stereocenters. The van der Waals surface area contributed by atoms with Gasteiger partial charge in [0.25, 0.3) is 0 Å². The summed E-state index contributed by atoms with van der Waals surface area (Å²) in [5, 5.41) is 3.27. The van der Waals surface area contributed by atoms with Crippen LogP contribution in [-0.2, 0) is 11.3 Å². The molecule has 1 N–H and O–H groups in total. The van der Waals surface area contributed by atoms with Gasteiger partial charge >= 0.3 is 6.09 Å². The molecule has 0 bridgehead atoms. The summed E-state index contributed by atoms with van der Waals surface area (Å²) in [5.41, 5.74) is 2.76. The Kier molecular flexibility index (Phi) is 3.86. The molecule has 2 aliphatic rings. The van der Waals surface area contributed by atoms with Crippen LogP contribution in [-0.4, -0.2) is 29.5 Å². The minimum Gasteiger partial charge on any atom is -0.438 e. The second-order valence-corrected chi connectivity index (χ2v) is 6.27. The van der Waals surface area contributed by atoms with Crippen molar-refractivity contribution in [1.29, 1.82) is 0 Å². The molecule has 24 heavy (non-hydrogen) atoms. The molecule has 2 aromatic carbocycles. The lowest BCUT2D eigenvalue weighted by Gasteiger charge is -2.26. The number of halogens is 1. The maximum Gasteiger partial charge on any atom is 0.412 e. The first kappa shape index (κ1) is 15.0. The molecule has 6 heteroatoms. The van der Waals surface area contributed by atoms with Crippen LogP contribution in [0.2, 0.25) is 5.02 Å². The first-order chi connectivity index (χ1) is 11.7. The number of amides is 1. The number of aliphatic imine (C=N–C) groups is 1. The number of nitrogens with one attached hydrogen (secondary N) is 1. The molecule has 5 nitrogen and oxygen atoms in total. The Balaban J connectivity index is 1.47. The molecule has 1 unspecified atom stereocenters. The van der Waals surface area contributed by atoms with E-state index in [1.54, 1.807) is 24.3 Å². The lowest BCUT2D eigenvalue weighted by Crippen LogP contribution is -2.34. The fourth-order valence-corrected chi connectivity index (χ4v) is 3.25. The lowest BCUT2D eigenvalue weighted by molar-refractivity contribution is 0.143. The molecule has 1 fully saturated rings. The highest BCUT2D eigenvalue weighted by Gasteiger charge is 2.35. The van der Waals surface area contributed by atoms with Gasteiger partial charge < -0.3 is 9.64 Å². The van der Waals surface area contributed by atoms with Gasteiger partial charge in [-0.2, -0.15) is 0 Å². The minimum absolute atomic E-state index is 0.322. The van der Waals surface area contributed by atoms with Crippen molar-refractivity contribution in [3.8, 4) is 0 Å². The van der Waals surface area contributed by atoms with Gasteiger partial charge in [0, 0.05) is 30.2 Å². The van der Waals surface area contributed by atoms with Gasteiger partial charge in [-0.05, 0) is 29.8 Å². The molecule has 1 saturated heterocycles. The number of amidine groups is 1. The molecule has 0 aromatic heterocycles. The van der Waals surface area contributed by atoms with Crippen LogP contribution in [0.5, 0.6) is 0 Å². The summed E-state index contributed by atoms with van der Waals surface area (Å²) in [6, 6.07) is 15.0. The fraction of sp³-hybridized carbons (Fsp3) is 0.222. The molecule has 0 spiro atoms. The first-order valence-electron chi connectivity index (χ1n) is 7.84. The highest BCUT2D eigenvalue weighted by Crippen LogP contribution is 2.31. The summed E-state index contributed by atoms with van der Waals surface area (Å²) < 4.78 is 5.57. The molecular weight excluding hydrogens is 326 g/mol. The molecule has 1 amide bonds. The van der Waals surface area contributed by atoms with Gasteiger partial charge in [-0.25, -0.2) is 9.79 Å². The summed E-state index contributed by atoms with van der Waals surface area (Å²) in [4.78, 5) is 19.0. The Bertz CT molecular complexity index is 821. The monoisotopic (exact) mass is 341 g/mol. The molecule has 2 aromatic rings. The number of nitrogens with zero attached hydrogens (tertiary/aromatic N) is 2. The standard InChI is InChI=1S/C18H16ClN3O2/c19-13-5-3-6-14(10-13)20-18(23)24-16-8-9-22-11-12-4-1-2-7-15(12)21-17(16)22/h1-7,10,16H,8-9,11H2,(H,20,23). The van der Waals surface area contributed by atoms with E-state index < -0.39 is 6.09 Å². The largest absolute Gasteiger partial charge is 0.438 e. The molecule has 2 heterocycles. The van der Waals surface area contributed by atoms with Crippen LogP contribution in [0.15, 0.2) is 53.5 Å². The molecule has 2 aliphatic heterocycles. The smallest absolute Gasteiger partial charge is 0.412 e. The summed E-state index contributed by atoms with van der Waals surface area (Å²) in [6.45, 7) is 1.65. The van der Waals surface area contributed by atoms with Crippen LogP contribution in [0.3, 0.4) is 0 Å². The topological polar surface area (TPSA) is 53.9 Å². The van der Waals surface area contributed by atoms with Crippen LogP contribution in [0, 0.1) is 0 Å². The number of hydrogen-bond donors (Lipinski definition) is 1. The van der Waals surface area contributed by atoms with E-state index in [0.29, 0.717) is 10.7 Å². The van der Waals surface area contributed by atoms with Crippen molar-refractivity contribution in [3.05, 3.63) is 59.1 Å². The van der Waals surface area contributed by atoms with Crippen LogP contribution >= 0.6 is 11.6 Å². The van der Waals surface area contributed by atoms with Crippen LogP contribution in [0.25, 0.3) is 0 Å². The van der Waals surface area contributed by atoms with Gasteiger partial charge in [-0.3, -0.25) is 5.32 Å². The normalized spacial score (nSPS) is 18.5. The van der Waals surface area contributed by atoms with E-state index in [2.05, 4.69) is 21.3 Å². The van der Waals surface area contributed by atoms with Crippen molar-refractivity contribution in [2.75, 3.05) is 11.9 Å². The maximum atomic E-state index is 12.1. The third-order valence-corrected chi connectivity index (χ3v) is 4.42. The molecular formula is C18H16ClN3O2. The molecule has 4 rings (SSSR count). The molecule has 0 aliphatic carbocycles. The number of anilines is 1. The number of benzene rings is 2. The van der Waals surface area contributed by atoms with Crippen LogP contribution in [0.1, 0.15) is 12.0 Å². The van der Waals surface area contributed by atoms with Gasteiger partial charge in [0.05, 0.1) is 5.69 Å². The van der Waals surface area contributed by atoms with E-state index in [4.69, 9.17) is 16.3 Å². The SMILES string of the molecule is O=C(Nc1cccc(Cl)c1)OC1CCN2Cc3ccccc3N=C12. The number of carbonyl (C=O) groups excluding carboxylic acids is 1. The third-order valence-electron chi connectivity index (χ3n) is 4.18. The van der Waals surface area contributed by atoms with E-state index in [1.807, 2.05) is 18.2 Å². The Morgan fingerprint density at radius 2 is 2.12 bits per heavy atom. The van der Waals surface area contributed by atoms with Crippen LogP contribution in [0.4, 0.5) is 16.2 Å². The van der Waals surface area contributed by atoms with E-state index in [9.17, 15) is 4.79 Å². The number of hydrogen-bond acceptors (Lipinski definition) is 4. The minimum atomic E-state index is -0.495. The van der Waals surface area contributed by atoms with Gasteiger partial charge in [0.1, 0.15) is 5.84 Å². The maximum absolute atomic E-state index is 12.1. The first-order valence-corrected chi connectivity index (χ1v) is 8.21. The number of carbonyl (C=O) groups is 1. The zero-order chi connectivity index (χ0) is 16.5. The number of ether oxygens (including phenoxy) is 1. The molecule has 0 saturated carbocycles. The molecule has 122 valence electrons. The van der Waals surface area contributed by atoms with Crippen molar-refractivity contribution in [2.24, 2.45) is 4.99 Å². The third kappa shape index (κ3) is 2.95. The zero-order valence-corrected chi connectivity index (χ0v) is 13.7. The van der Waals surface area contributed by atoms with Gasteiger partial charge in [0.15, 0.2) is 6.10 Å². The Labute approximate surface area is 144 Å². The average Bonchev–Trinajstić information content (AvgIpc) is 2.94. The van der Waals surface area contributed by atoms with Crippen molar-refractivity contribution in [3.63, 3.8) is 0 Å². The van der Waals surface area contributed by atoms with Gasteiger partial charge in [-0.15, -0.1) is 0 Å². The average molecular weight is 342 g/mol. The number of para-hydroxylation sites is 1. The summed E-state index contributed by atoms with van der Waals surface area (Å²) >= 11 is 5.92. The predicted octanol–water partition coefficient (Wildman–Crippen LogP) is 4.21. The number of fused-ring (bicyclic) bond motifs is 2. The summed E-state index contributed by atoms with van der Waals surface area (Å²) in [5.74, 6) is 0.829. The van der Waals surface area contributed by atoms with E-state index in [0.717, 1.165) is 31.0 Å². The van der Waals surface area contributed by atoms with E-state index >= 15 is 0 Å². The van der Waals surface area contributed by atoms with Gasteiger partial charge in [-0.1, -0.05) is 35.9 Å². The quantitative estimate of drug-likeness (QED) is 0.890. The summed E-state index contributed by atoms with van der Waals surface area (Å²) in [7, 11) is 0. The number of rotatable bonds is 2. The Morgan fingerprint density at radius 1 is 1.25 bits per heavy atom. The Morgan fingerprint density at radius 3 is 3.00 bits per heavy atom. The Hall–Kier alpha value is -2.53. The second-order valence-electron chi connectivity index (χ2n) is 5.84.